The van der Waals surface area contributed by atoms with Gasteiger partial charge >= 0.3 is 5.97 Å². The van der Waals surface area contributed by atoms with E-state index in [-0.39, 0.29) is 17.6 Å². The van der Waals surface area contributed by atoms with E-state index in [0.717, 1.165) is 19.4 Å². The fourth-order valence-corrected chi connectivity index (χ4v) is 2.25. The van der Waals surface area contributed by atoms with Gasteiger partial charge < -0.3 is 9.47 Å². The maximum Gasteiger partial charge on any atom is 0.360 e. The van der Waals surface area contributed by atoms with Gasteiger partial charge in [-0.2, -0.15) is 0 Å². The second kappa shape index (κ2) is 6.15. The van der Waals surface area contributed by atoms with E-state index >= 15 is 0 Å². The number of carbonyl (C=O) groups is 1. The summed E-state index contributed by atoms with van der Waals surface area (Å²) in [4.78, 5) is 11.7. The van der Waals surface area contributed by atoms with E-state index in [0.29, 0.717) is 18.9 Å². The maximum atomic E-state index is 11.7. The number of halogens is 1. The molecule has 0 aromatic carbocycles. The monoisotopic (exact) mass is 273 g/mol. The summed E-state index contributed by atoms with van der Waals surface area (Å²) in [5.74, 6) is -0.298. The molecule has 0 bridgehead atoms. The standard InChI is InChI=1S/C11H16ClN3O3/c1-2-18-11(16)10-9(6-12)15(14-13-10)8-4-3-5-17-7-8/h8H,2-7H2,1H3. The highest BCUT2D eigenvalue weighted by molar-refractivity contribution is 6.17. The Labute approximate surface area is 110 Å². The quantitative estimate of drug-likeness (QED) is 0.615. The number of hydrogen-bond donors (Lipinski definition) is 0. The van der Waals surface area contributed by atoms with Crippen LogP contribution in [0.1, 0.15) is 42.0 Å². The van der Waals surface area contributed by atoms with Crippen molar-refractivity contribution in [1.82, 2.24) is 15.0 Å². The average Bonchev–Trinajstić information content (AvgIpc) is 2.83. The van der Waals surface area contributed by atoms with Gasteiger partial charge in [-0.05, 0) is 19.8 Å². The van der Waals surface area contributed by atoms with E-state index in [9.17, 15) is 4.79 Å². The molecule has 7 heteroatoms. The van der Waals surface area contributed by atoms with Gasteiger partial charge in [0.2, 0.25) is 0 Å². The zero-order valence-corrected chi connectivity index (χ0v) is 11.0. The molecule has 1 unspecified atom stereocenters. The summed E-state index contributed by atoms with van der Waals surface area (Å²) in [5, 5.41) is 7.89. The molecule has 0 radical (unpaired) electrons. The van der Waals surface area contributed by atoms with Crippen LogP contribution >= 0.6 is 11.6 Å². The van der Waals surface area contributed by atoms with E-state index in [1.54, 1.807) is 11.6 Å². The second-order valence-corrected chi connectivity index (χ2v) is 4.32. The van der Waals surface area contributed by atoms with Gasteiger partial charge in [-0.15, -0.1) is 16.7 Å². The number of hydrogen-bond acceptors (Lipinski definition) is 5. The highest BCUT2D eigenvalue weighted by Crippen LogP contribution is 2.22. The number of aromatic nitrogens is 3. The lowest BCUT2D eigenvalue weighted by Gasteiger charge is -2.23. The minimum Gasteiger partial charge on any atom is -0.461 e. The molecule has 0 N–H and O–H groups in total. The van der Waals surface area contributed by atoms with Crippen LogP contribution in [0, 0.1) is 0 Å². The second-order valence-electron chi connectivity index (χ2n) is 4.05. The van der Waals surface area contributed by atoms with Crippen molar-refractivity contribution in [3.05, 3.63) is 11.4 Å². The summed E-state index contributed by atoms with van der Waals surface area (Å²) in [5.41, 5.74) is 0.808. The van der Waals surface area contributed by atoms with E-state index in [1.807, 2.05) is 0 Å². The molecular weight excluding hydrogens is 258 g/mol. The first-order chi connectivity index (χ1) is 8.77. The van der Waals surface area contributed by atoms with Gasteiger partial charge in [0.15, 0.2) is 5.69 Å². The minimum absolute atomic E-state index is 0.100. The Balaban J connectivity index is 2.23. The summed E-state index contributed by atoms with van der Waals surface area (Å²) >= 11 is 5.89. The lowest BCUT2D eigenvalue weighted by atomic mass is 10.1. The summed E-state index contributed by atoms with van der Waals surface area (Å²) in [6, 6.07) is 0.100. The Hall–Kier alpha value is -1.14. The molecule has 18 heavy (non-hydrogen) atoms. The molecule has 1 aromatic rings. The Morgan fingerprint density at radius 2 is 2.50 bits per heavy atom. The van der Waals surface area contributed by atoms with Crippen molar-refractivity contribution in [3.63, 3.8) is 0 Å². The van der Waals surface area contributed by atoms with Gasteiger partial charge in [0, 0.05) is 6.61 Å². The van der Waals surface area contributed by atoms with E-state index in [2.05, 4.69) is 10.3 Å². The van der Waals surface area contributed by atoms with Crippen molar-refractivity contribution in [2.75, 3.05) is 19.8 Å². The first kappa shape index (κ1) is 13.3. The first-order valence-corrected chi connectivity index (χ1v) is 6.56. The molecular formula is C11H16ClN3O3. The van der Waals surface area contributed by atoms with Crippen molar-refractivity contribution >= 4 is 17.6 Å². The highest BCUT2D eigenvalue weighted by atomic mass is 35.5. The summed E-state index contributed by atoms with van der Waals surface area (Å²) in [6.07, 6.45) is 1.93. The Morgan fingerprint density at radius 1 is 1.67 bits per heavy atom. The normalized spacial score (nSPS) is 19.8. The van der Waals surface area contributed by atoms with Crippen LogP contribution in [0.5, 0.6) is 0 Å². The third-order valence-corrected chi connectivity index (χ3v) is 3.12. The summed E-state index contributed by atoms with van der Waals surface area (Å²) in [6.45, 7) is 3.40. The molecule has 0 saturated carbocycles. The van der Waals surface area contributed by atoms with Crippen LogP contribution in [0.15, 0.2) is 0 Å². The molecule has 100 valence electrons. The van der Waals surface area contributed by atoms with Crippen molar-refractivity contribution in [1.29, 1.82) is 0 Å². The lowest BCUT2D eigenvalue weighted by molar-refractivity contribution is 0.0510. The first-order valence-electron chi connectivity index (χ1n) is 6.02. The number of carbonyl (C=O) groups excluding carboxylic acids is 1. The van der Waals surface area contributed by atoms with Gasteiger partial charge in [0.05, 0.1) is 30.8 Å². The molecule has 0 spiro atoms. The van der Waals surface area contributed by atoms with Crippen molar-refractivity contribution < 1.29 is 14.3 Å². The number of nitrogens with zero attached hydrogens (tertiary/aromatic N) is 3. The zero-order valence-electron chi connectivity index (χ0n) is 10.3. The van der Waals surface area contributed by atoms with Crippen molar-refractivity contribution in [2.24, 2.45) is 0 Å². The molecule has 0 amide bonds. The van der Waals surface area contributed by atoms with Gasteiger partial charge in [0.25, 0.3) is 0 Å². The van der Waals surface area contributed by atoms with E-state index in [4.69, 9.17) is 21.1 Å². The Morgan fingerprint density at radius 3 is 3.11 bits per heavy atom. The molecule has 1 saturated heterocycles. The Kier molecular flexibility index (Phi) is 4.54. The average molecular weight is 274 g/mol. The van der Waals surface area contributed by atoms with Crippen LogP contribution in [0.4, 0.5) is 0 Å². The number of rotatable bonds is 4. The van der Waals surface area contributed by atoms with Crippen LogP contribution in [-0.2, 0) is 15.4 Å². The van der Waals surface area contributed by atoms with Crippen molar-refractivity contribution in [2.45, 2.75) is 31.7 Å². The maximum absolute atomic E-state index is 11.7. The molecule has 1 fully saturated rings. The van der Waals surface area contributed by atoms with Crippen LogP contribution < -0.4 is 0 Å². The van der Waals surface area contributed by atoms with Crippen LogP contribution in [0.3, 0.4) is 0 Å². The molecule has 2 rings (SSSR count). The number of alkyl halides is 1. The fraction of sp³-hybridized carbons (Fsp3) is 0.727. The molecule has 1 aromatic heterocycles. The van der Waals surface area contributed by atoms with Gasteiger partial charge in [-0.25, -0.2) is 9.48 Å². The highest BCUT2D eigenvalue weighted by Gasteiger charge is 2.25. The predicted octanol–water partition coefficient (Wildman–Crippen LogP) is 1.55. The fourth-order valence-electron chi connectivity index (χ4n) is 2.01. The molecule has 1 atom stereocenters. The van der Waals surface area contributed by atoms with E-state index in [1.165, 1.54) is 0 Å². The predicted molar refractivity (Wildman–Crippen MR) is 64.6 cm³/mol. The van der Waals surface area contributed by atoms with Crippen LogP contribution in [0.25, 0.3) is 0 Å². The summed E-state index contributed by atoms with van der Waals surface area (Å²) < 4.78 is 12.0. The third-order valence-electron chi connectivity index (χ3n) is 2.87. The Bertz CT molecular complexity index is 416. The molecule has 2 heterocycles. The van der Waals surface area contributed by atoms with Crippen LogP contribution in [0.2, 0.25) is 0 Å². The minimum atomic E-state index is -0.476. The van der Waals surface area contributed by atoms with Crippen molar-refractivity contribution in [3.8, 4) is 0 Å². The topological polar surface area (TPSA) is 66.2 Å². The molecule has 0 aliphatic carbocycles. The zero-order chi connectivity index (χ0) is 13.0. The van der Waals surface area contributed by atoms with Crippen LogP contribution in [-0.4, -0.2) is 40.8 Å². The SMILES string of the molecule is CCOC(=O)c1nnn(C2CCCOC2)c1CCl. The third kappa shape index (κ3) is 2.64. The van der Waals surface area contributed by atoms with E-state index < -0.39 is 5.97 Å². The number of ether oxygens (including phenoxy) is 2. The largest absolute Gasteiger partial charge is 0.461 e. The van der Waals surface area contributed by atoms with Gasteiger partial charge in [-0.1, -0.05) is 5.21 Å². The smallest absolute Gasteiger partial charge is 0.360 e. The number of esters is 1. The summed E-state index contributed by atoms with van der Waals surface area (Å²) in [7, 11) is 0. The molecule has 1 aliphatic heterocycles. The van der Waals surface area contributed by atoms with Gasteiger partial charge in [-0.3, -0.25) is 0 Å². The molecule has 1 aliphatic rings. The lowest BCUT2D eigenvalue weighted by Crippen LogP contribution is -2.24. The molecule has 6 nitrogen and oxygen atoms in total. The van der Waals surface area contributed by atoms with Gasteiger partial charge in [0.1, 0.15) is 0 Å².